The highest BCUT2D eigenvalue weighted by Crippen LogP contribution is 2.48. The summed E-state index contributed by atoms with van der Waals surface area (Å²) in [5, 5.41) is 0.994. The van der Waals surface area contributed by atoms with Gasteiger partial charge in [-0.3, -0.25) is 4.79 Å². The van der Waals surface area contributed by atoms with Gasteiger partial charge in [0.05, 0.1) is 22.7 Å². The molecule has 0 radical (unpaired) electrons. The zero-order valence-electron chi connectivity index (χ0n) is 12.7. The van der Waals surface area contributed by atoms with Gasteiger partial charge in [0.2, 0.25) is 5.91 Å². The van der Waals surface area contributed by atoms with Crippen LogP contribution in [0.1, 0.15) is 24.3 Å². The maximum absolute atomic E-state index is 12.8. The van der Waals surface area contributed by atoms with Gasteiger partial charge in [0.1, 0.15) is 5.01 Å². The molecule has 0 aliphatic heterocycles. The normalized spacial score (nSPS) is 30.1. The molecule has 1 heterocycles. The van der Waals surface area contributed by atoms with Crippen LogP contribution in [-0.2, 0) is 11.3 Å². The second kappa shape index (κ2) is 5.32. The Morgan fingerprint density at radius 3 is 2.86 bits per heavy atom. The van der Waals surface area contributed by atoms with Gasteiger partial charge in [-0.15, -0.1) is 11.3 Å². The van der Waals surface area contributed by atoms with Gasteiger partial charge in [-0.1, -0.05) is 12.1 Å². The third-order valence-corrected chi connectivity index (χ3v) is 6.37. The number of hydrogen-bond donors (Lipinski definition) is 1. The van der Waals surface area contributed by atoms with E-state index in [4.69, 9.17) is 5.73 Å². The second-order valence-corrected chi connectivity index (χ2v) is 7.82. The number of aromatic nitrogens is 1. The summed E-state index contributed by atoms with van der Waals surface area (Å²) >= 11 is 1.67. The SMILES string of the molecule is CN(Cc1nc2ccccc2s1)C(=O)C1C2CCC(C2)C1N. The van der Waals surface area contributed by atoms with E-state index >= 15 is 0 Å². The lowest BCUT2D eigenvalue weighted by atomic mass is 9.84. The molecule has 2 aromatic rings. The summed E-state index contributed by atoms with van der Waals surface area (Å²) in [7, 11) is 1.88. The maximum atomic E-state index is 12.8. The molecule has 2 aliphatic carbocycles. The van der Waals surface area contributed by atoms with E-state index < -0.39 is 0 Å². The van der Waals surface area contributed by atoms with Gasteiger partial charge in [0, 0.05) is 13.1 Å². The first-order valence-electron chi connectivity index (χ1n) is 7.98. The van der Waals surface area contributed by atoms with Crippen molar-refractivity contribution in [1.29, 1.82) is 0 Å². The lowest BCUT2D eigenvalue weighted by Gasteiger charge is -2.30. The van der Waals surface area contributed by atoms with Crippen molar-refractivity contribution in [3.05, 3.63) is 29.3 Å². The Morgan fingerprint density at radius 1 is 1.36 bits per heavy atom. The van der Waals surface area contributed by atoms with Crippen LogP contribution in [0.4, 0.5) is 0 Å². The smallest absolute Gasteiger partial charge is 0.227 e. The van der Waals surface area contributed by atoms with Crippen LogP contribution >= 0.6 is 11.3 Å². The number of fused-ring (bicyclic) bond motifs is 3. The first-order valence-corrected chi connectivity index (χ1v) is 8.80. The molecule has 4 nitrogen and oxygen atoms in total. The highest BCUT2D eigenvalue weighted by Gasteiger charge is 2.49. The van der Waals surface area contributed by atoms with Crippen LogP contribution in [0.3, 0.4) is 0 Å². The summed E-state index contributed by atoms with van der Waals surface area (Å²) in [5.41, 5.74) is 7.31. The average Bonchev–Trinajstić information content (AvgIpc) is 3.19. The molecule has 1 amide bonds. The van der Waals surface area contributed by atoms with Gasteiger partial charge in [-0.25, -0.2) is 4.98 Å². The van der Waals surface area contributed by atoms with Gasteiger partial charge < -0.3 is 10.6 Å². The molecule has 1 aromatic carbocycles. The molecule has 5 heteroatoms. The van der Waals surface area contributed by atoms with E-state index in [1.165, 1.54) is 17.5 Å². The van der Waals surface area contributed by atoms with Crippen molar-refractivity contribution >= 4 is 27.5 Å². The number of carbonyl (C=O) groups excluding carboxylic acids is 1. The van der Waals surface area contributed by atoms with E-state index in [2.05, 4.69) is 11.1 Å². The highest BCUT2D eigenvalue weighted by atomic mass is 32.1. The number of amides is 1. The molecule has 1 aromatic heterocycles. The molecule has 4 rings (SSSR count). The monoisotopic (exact) mass is 315 g/mol. The van der Waals surface area contributed by atoms with Crippen molar-refractivity contribution < 1.29 is 4.79 Å². The molecule has 0 spiro atoms. The molecule has 2 bridgehead atoms. The van der Waals surface area contributed by atoms with E-state index in [1.54, 1.807) is 11.3 Å². The molecule has 2 aliphatic rings. The fraction of sp³-hybridized carbons (Fsp3) is 0.529. The summed E-state index contributed by atoms with van der Waals surface area (Å²) in [6.07, 6.45) is 3.52. The Kier molecular flexibility index (Phi) is 3.42. The predicted molar refractivity (Wildman–Crippen MR) is 88.4 cm³/mol. The fourth-order valence-electron chi connectivity index (χ4n) is 4.23. The number of hydrogen-bond acceptors (Lipinski definition) is 4. The standard InChI is InChI=1S/C17H21N3OS/c1-20(9-14-19-12-4-2-3-5-13(12)22-14)17(21)15-10-6-7-11(8-10)16(15)18/h2-5,10-11,15-16H,6-9,18H2,1H3. The highest BCUT2D eigenvalue weighted by molar-refractivity contribution is 7.18. The Bertz CT molecular complexity index is 678. The zero-order chi connectivity index (χ0) is 15.3. The molecule has 0 saturated heterocycles. The molecular weight excluding hydrogens is 294 g/mol. The third kappa shape index (κ3) is 2.23. The number of carbonyl (C=O) groups is 1. The second-order valence-electron chi connectivity index (χ2n) is 6.71. The van der Waals surface area contributed by atoms with Gasteiger partial charge in [0.25, 0.3) is 0 Å². The molecule has 22 heavy (non-hydrogen) atoms. The van der Waals surface area contributed by atoms with Crippen molar-refractivity contribution in [1.82, 2.24) is 9.88 Å². The summed E-state index contributed by atoms with van der Waals surface area (Å²) in [5.74, 6) is 1.30. The van der Waals surface area contributed by atoms with E-state index in [1.807, 2.05) is 30.1 Å². The summed E-state index contributed by atoms with van der Waals surface area (Å²) in [6.45, 7) is 0.582. The number of rotatable bonds is 3. The molecule has 2 fully saturated rings. The average molecular weight is 315 g/mol. The summed E-state index contributed by atoms with van der Waals surface area (Å²) in [4.78, 5) is 19.2. The van der Waals surface area contributed by atoms with Crippen molar-refractivity contribution in [2.45, 2.75) is 31.8 Å². The van der Waals surface area contributed by atoms with Gasteiger partial charge in [-0.05, 0) is 43.2 Å². The van der Waals surface area contributed by atoms with Crippen LogP contribution in [0.5, 0.6) is 0 Å². The van der Waals surface area contributed by atoms with Crippen LogP contribution in [0.15, 0.2) is 24.3 Å². The molecule has 2 N–H and O–H groups in total. The van der Waals surface area contributed by atoms with E-state index in [9.17, 15) is 4.79 Å². The number of benzene rings is 1. The third-order valence-electron chi connectivity index (χ3n) is 5.35. The van der Waals surface area contributed by atoms with E-state index in [-0.39, 0.29) is 17.9 Å². The van der Waals surface area contributed by atoms with Gasteiger partial charge >= 0.3 is 0 Å². The molecule has 4 unspecified atom stereocenters. The summed E-state index contributed by atoms with van der Waals surface area (Å²) < 4.78 is 1.18. The number of nitrogens with two attached hydrogens (primary N) is 1. The fourth-order valence-corrected chi connectivity index (χ4v) is 5.25. The molecule has 4 atom stereocenters. The van der Waals surface area contributed by atoms with Crippen molar-refractivity contribution in [2.75, 3.05) is 7.05 Å². The topological polar surface area (TPSA) is 59.2 Å². The predicted octanol–water partition coefficient (Wildman–Crippen LogP) is 2.63. The molecule has 116 valence electrons. The minimum absolute atomic E-state index is 0.0260. The first kappa shape index (κ1) is 14.2. The van der Waals surface area contributed by atoms with Crippen LogP contribution in [-0.4, -0.2) is 28.9 Å². The molecule has 2 saturated carbocycles. The molecular formula is C17H21N3OS. The lowest BCUT2D eigenvalue weighted by Crippen LogP contribution is -2.45. The number of nitrogens with zero attached hydrogens (tertiary/aromatic N) is 2. The van der Waals surface area contributed by atoms with Crippen molar-refractivity contribution in [3.8, 4) is 0 Å². The van der Waals surface area contributed by atoms with E-state index in [0.717, 1.165) is 16.9 Å². The maximum Gasteiger partial charge on any atom is 0.227 e. The quantitative estimate of drug-likeness (QED) is 0.947. The van der Waals surface area contributed by atoms with Gasteiger partial charge in [0.15, 0.2) is 0 Å². The van der Waals surface area contributed by atoms with Crippen LogP contribution < -0.4 is 5.73 Å². The summed E-state index contributed by atoms with van der Waals surface area (Å²) in [6, 6.07) is 8.17. The van der Waals surface area contributed by atoms with Crippen molar-refractivity contribution in [3.63, 3.8) is 0 Å². The minimum atomic E-state index is 0.0260. The Hall–Kier alpha value is -1.46. The van der Waals surface area contributed by atoms with Crippen LogP contribution in [0, 0.1) is 17.8 Å². The van der Waals surface area contributed by atoms with E-state index in [0.29, 0.717) is 18.4 Å². The van der Waals surface area contributed by atoms with Crippen LogP contribution in [0.2, 0.25) is 0 Å². The lowest BCUT2D eigenvalue weighted by molar-refractivity contribution is -0.137. The van der Waals surface area contributed by atoms with Crippen LogP contribution in [0.25, 0.3) is 10.2 Å². The Balaban J connectivity index is 1.49. The minimum Gasteiger partial charge on any atom is -0.339 e. The first-order chi connectivity index (χ1) is 10.6. The number of thiazole rings is 1. The largest absolute Gasteiger partial charge is 0.339 e. The Morgan fingerprint density at radius 2 is 2.14 bits per heavy atom. The zero-order valence-corrected chi connectivity index (χ0v) is 13.6. The van der Waals surface area contributed by atoms with Gasteiger partial charge in [-0.2, -0.15) is 0 Å². The number of para-hydroxylation sites is 1. The van der Waals surface area contributed by atoms with Crippen molar-refractivity contribution in [2.24, 2.45) is 23.5 Å². The Labute approximate surface area is 134 Å².